The van der Waals surface area contributed by atoms with Crippen molar-refractivity contribution in [2.75, 3.05) is 11.9 Å². The third kappa shape index (κ3) is 3.94. The van der Waals surface area contributed by atoms with E-state index in [1.807, 2.05) is 13.8 Å². The highest BCUT2D eigenvalue weighted by Crippen LogP contribution is 2.30. The second kappa shape index (κ2) is 6.13. The first-order chi connectivity index (χ1) is 9.90. The highest BCUT2D eigenvalue weighted by atomic mass is 19.4. The summed E-state index contributed by atoms with van der Waals surface area (Å²) < 4.78 is 42.7. The summed E-state index contributed by atoms with van der Waals surface area (Å²) in [5.74, 6) is 0.409. The second-order valence-electron chi connectivity index (χ2n) is 4.42. The summed E-state index contributed by atoms with van der Waals surface area (Å²) in [5, 5.41) is 13.5. The maximum absolute atomic E-state index is 12.4. The third-order valence-corrected chi connectivity index (χ3v) is 2.78. The summed E-state index contributed by atoms with van der Waals surface area (Å²) >= 11 is 0. The maximum atomic E-state index is 12.4. The third-order valence-electron chi connectivity index (χ3n) is 2.78. The summed E-state index contributed by atoms with van der Waals surface area (Å²) in [4.78, 5) is 0. The molecule has 1 heterocycles. The topological polar surface area (TPSA) is 63.0 Å². The van der Waals surface area contributed by atoms with Gasteiger partial charge in [0, 0.05) is 5.69 Å². The van der Waals surface area contributed by atoms with Crippen LogP contribution in [0.15, 0.2) is 28.7 Å². The van der Waals surface area contributed by atoms with Crippen molar-refractivity contribution in [1.29, 1.82) is 0 Å². The second-order valence-corrected chi connectivity index (χ2v) is 4.42. The number of halogens is 3. The summed E-state index contributed by atoms with van der Waals surface area (Å²) in [5.41, 5.74) is -0.269. The van der Waals surface area contributed by atoms with Crippen LogP contribution < -0.4 is 10.6 Å². The molecule has 2 N–H and O–H groups in total. The van der Waals surface area contributed by atoms with Crippen molar-refractivity contribution in [3.63, 3.8) is 0 Å². The molecule has 114 valence electrons. The number of rotatable bonds is 5. The number of anilines is 2. The zero-order valence-corrected chi connectivity index (χ0v) is 11.5. The van der Waals surface area contributed by atoms with E-state index in [2.05, 4.69) is 20.8 Å². The Morgan fingerprint density at radius 3 is 2.43 bits per heavy atom. The van der Waals surface area contributed by atoms with Gasteiger partial charge in [-0.2, -0.15) is 13.2 Å². The van der Waals surface area contributed by atoms with E-state index >= 15 is 0 Å². The zero-order valence-electron chi connectivity index (χ0n) is 11.5. The van der Waals surface area contributed by atoms with Crippen LogP contribution in [0.1, 0.15) is 31.3 Å². The van der Waals surface area contributed by atoms with E-state index in [9.17, 15) is 13.2 Å². The SMILES string of the molecule is CCNC(C)c1nnc(Nc2ccc(C(F)(F)F)cc2)o1. The van der Waals surface area contributed by atoms with Crippen molar-refractivity contribution in [3.05, 3.63) is 35.7 Å². The fraction of sp³-hybridized carbons (Fsp3) is 0.385. The number of alkyl halides is 3. The number of hydrogen-bond donors (Lipinski definition) is 2. The fourth-order valence-corrected chi connectivity index (χ4v) is 1.72. The molecule has 0 aliphatic heterocycles. The van der Waals surface area contributed by atoms with E-state index in [4.69, 9.17) is 4.42 Å². The predicted octanol–water partition coefficient (Wildman–Crippen LogP) is 3.50. The molecule has 0 spiro atoms. The molecule has 0 aliphatic carbocycles. The molecule has 0 saturated carbocycles. The van der Waals surface area contributed by atoms with E-state index < -0.39 is 11.7 Å². The van der Waals surface area contributed by atoms with Gasteiger partial charge in [0.05, 0.1) is 11.6 Å². The monoisotopic (exact) mass is 300 g/mol. The van der Waals surface area contributed by atoms with Crippen molar-refractivity contribution in [3.8, 4) is 0 Å². The minimum atomic E-state index is -4.35. The smallest absolute Gasteiger partial charge is 0.406 e. The van der Waals surface area contributed by atoms with Crippen molar-refractivity contribution >= 4 is 11.7 Å². The highest BCUT2D eigenvalue weighted by molar-refractivity contribution is 5.52. The van der Waals surface area contributed by atoms with E-state index in [1.54, 1.807) is 0 Å². The summed E-state index contributed by atoms with van der Waals surface area (Å²) in [6.45, 7) is 4.58. The Bertz CT molecular complexity index is 580. The van der Waals surface area contributed by atoms with Crippen LogP contribution in [0, 0.1) is 0 Å². The van der Waals surface area contributed by atoms with E-state index in [1.165, 1.54) is 12.1 Å². The van der Waals surface area contributed by atoms with E-state index in [0.717, 1.165) is 18.7 Å². The van der Waals surface area contributed by atoms with Crippen molar-refractivity contribution in [2.24, 2.45) is 0 Å². The number of nitrogens with one attached hydrogen (secondary N) is 2. The Kier molecular flexibility index (Phi) is 4.46. The van der Waals surface area contributed by atoms with E-state index in [-0.39, 0.29) is 12.1 Å². The summed E-state index contributed by atoms with van der Waals surface area (Å²) in [6.07, 6.45) is -4.35. The van der Waals surface area contributed by atoms with Crippen LogP contribution in [-0.2, 0) is 6.18 Å². The van der Waals surface area contributed by atoms with Crippen molar-refractivity contribution in [1.82, 2.24) is 15.5 Å². The van der Waals surface area contributed by atoms with Gasteiger partial charge in [0.15, 0.2) is 0 Å². The van der Waals surface area contributed by atoms with Gasteiger partial charge in [0.2, 0.25) is 5.89 Å². The number of aromatic nitrogens is 2. The van der Waals surface area contributed by atoms with Gasteiger partial charge in [0.25, 0.3) is 0 Å². The first-order valence-corrected chi connectivity index (χ1v) is 6.41. The molecule has 21 heavy (non-hydrogen) atoms. The molecule has 1 aromatic heterocycles. The average molecular weight is 300 g/mol. The van der Waals surface area contributed by atoms with Crippen LogP contribution in [0.2, 0.25) is 0 Å². The Morgan fingerprint density at radius 2 is 1.86 bits per heavy atom. The number of nitrogens with zero attached hydrogens (tertiary/aromatic N) is 2. The van der Waals surface area contributed by atoms with Gasteiger partial charge in [-0.25, -0.2) is 0 Å². The maximum Gasteiger partial charge on any atom is 0.416 e. The molecule has 0 saturated heterocycles. The first kappa shape index (κ1) is 15.3. The van der Waals surface area contributed by atoms with Gasteiger partial charge in [-0.3, -0.25) is 0 Å². The highest BCUT2D eigenvalue weighted by Gasteiger charge is 2.29. The molecule has 2 rings (SSSR count). The molecule has 0 amide bonds. The van der Waals surface area contributed by atoms with Crippen molar-refractivity contribution < 1.29 is 17.6 Å². The summed E-state index contributed by atoms with van der Waals surface area (Å²) in [6, 6.07) is 4.63. The largest absolute Gasteiger partial charge is 0.416 e. The Hall–Kier alpha value is -2.09. The predicted molar refractivity (Wildman–Crippen MR) is 71.1 cm³/mol. The number of hydrogen-bond acceptors (Lipinski definition) is 5. The van der Waals surface area contributed by atoms with Crippen LogP contribution in [0.3, 0.4) is 0 Å². The molecular weight excluding hydrogens is 285 g/mol. The van der Waals surface area contributed by atoms with Gasteiger partial charge < -0.3 is 15.1 Å². The minimum Gasteiger partial charge on any atom is -0.406 e. The molecule has 1 unspecified atom stereocenters. The van der Waals surface area contributed by atoms with E-state index in [0.29, 0.717) is 11.6 Å². The number of benzene rings is 1. The van der Waals surface area contributed by atoms with Crippen LogP contribution in [-0.4, -0.2) is 16.7 Å². The standard InChI is InChI=1S/C13H15F3N4O/c1-3-17-8(2)11-19-20-12(21-11)18-10-6-4-9(5-7-10)13(14,15)16/h4-8,17H,3H2,1-2H3,(H,18,20). The molecule has 5 nitrogen and oxygen atoms in total. The quantitative estimate of drug-likeness (QED) is 0.885. The molecule has 0 aliphatic rings. The first-order valence-electron chi connectivity index (χ1n) is 6.41. The molecular formula is C13H15F3N4O. The van der Waals surface area contributed by atoms with Gasteiger partial charge in [-0.1, -0.05) is 12.0 Å². The van der Waals surface area contributed by atoms with Crippen molar-refractivity contribution in [2.45, 2.75) is 26.1 Å². The lowest BCUT2D eigenvalue weighted by Crippen LogP contribution is -2.17. The molecule has 1 aromatic carbocycles. The zero-order chi connectivity index (χ0) is 15.5. The molecule has 0 bridgehead atoms. The fourth-order valence-electron chi connectivity index (χ4n) is 1.72. The molecule has 2 aromatic rings. The van der Waals surface area contributed by atoms with Gasteiger partial charge >= 0.3 is 12.2 Å². The van der Waals surface area contributed by atoms with Gasteiger partial charge in [-0.15, -0.1) is 5.10 Å². The lowest BCUT2D eigenvalue weighted by molar-refractivity contribution is -0.137. The van der Waals surface area contributed by atoms with Crippen LogP contribution in [0.4, 0.5) is 24.9 Å². The van der Waals surface area contributed by atoms with Crippen LogP contribution in [0.25, 0.3) is 0 Å². The molecule has 0 radical (unpaired) electrons. The normalized spacial score (nSPS) is 13.2. The minimum absolute atomic E-state index is 0.0920. The Balaban J connectivity index is 2.05. The molecule has 0 fully saturated rings. The lowest BCUT2D eigenvalue weighted by atomic mass is 10.2. The lowest BCUT2D eigenvalue weighted by Gasteiger charge is -2.08. The summed E-state index contributed by atoms with van der Waals surface area (Å²) in [7, 11) is 0. The average Bonchev–Trinajstić information content (AvgIpc) is 2.87. The van der Waals surface area contributed by atoms with Crippen LogP contribution in [0.5, 0.6) is 0 Å². The van der Waals surface area contributed by atoms with Gasteiger partial charge in [-0.05, 0) is 37.7 Å². The van der Waals surface area contributed by atoms with Gasteiger partial charge in [0.1, 0.15) is 0 Å². The van der Waals surface area contributed by atoms with Crippen LogP contribution >= 0.6 is 0 Å². The Labute approximate surface area is 119 Å². The Morgan fingerprint density at radius 1 is 1.19 bits per heavy atom. The molecule has 1 atom stereocenters. The molecule has 8 heteroatoms.